The van der Waals surface area contributed by atoms with Crippen molar-refractivity contribution < 1.29 is 39.0 Å². The number of likely N-dealkylation sites (tertiary alicyclic amines) is 1. The van der Waals surface area contributed by atoms with Crippen LogP contribution in [0.3, 0.4) is 0 Å². The highest BCUT2D eigenvalue weighted by molar-refractivity contribution is 5.94. The third kappa shape index (κ3) is 8.67. The van der Waals surface area contributed by atoms with E-state index < -0.39 is 66.2 Å². The third-order valence-corrected chi connectivity index (χ3v) is 5.41. The Hall–Kier alpha value is -3.22. The van der Waals surface area contributed by atoms with Gasteiger partial charge >= 0.3 is 11.9 Å². The average molecular weight is 472 g/mol. The maximum atomic E-state index is 13.2. The lowest BCUT2D eigenvalue weighted by Crippen LogP contribution is -2.57. The Balaban J connectivity index is 2.97. The monoisotopic (exact) mass is 471 g/mol. The van der Waals surface area contributed by atoms with E-state index in [9.17, 15) is 33.9 Å². The van der Waals surface area contributed by atoms with Crippen molar-refractivity contribution in [1.29, 1.82) is 0 Å². The minimum absolute atomic E-state index is 0.172. The van der Waals surface area contributed by atoms with Crippen molar-refractivity contribution in [3.63, 3.8) is 0 Å². The number of nitrogens with two attached hydrogens (primary N) is 2. The summed E-state index contributed by atoms with van der Waals surface area (Å²) >= 11 is 0. The van der Waals surface area contributed by atoms with E-state index in [2.05, 4.69) is 10.6 Å². The fourth-order valence-electron chi connectivity index (χ4n) is 3.41. The largest absolute Gasteiger partial charge is 0.481 e. The predicted octanol–water partition coefficient (Wildman–Crippen LogP) is -1.85. The molecular formula is C20H33N5O8. The van der Waals surface area contributed by atoms with Crippen molar-refractivity contribution in [2.75, 3.05) is 6.54 Å². The number of hydrogen-bond donors (Lipinski definition) is 6. The average Bonchev–Trinajstić information content (AvgIpc) is 3.22. The van der Waals surface area contributed by atoms with E-state index in [0.717, 1.165) is 0 Å². The van der Waals surface area contributed by atoms with Gasteiger partial charge in [0.25, 0.3) is 0 Å². The molecule has 4 amide bonds. The number of amides is 4. The smallest absolute Gasteiger partial charge is 0.326 e. The van der Waals surface area contributed by atoms with Crippen LogP contribution in [-0.2, 0) is 28.8 Å². The number of nitrogens with zero attached hydrogens (tertiary/aromatic N) is 1. The molecule has 3 unspecified atom stereocenters. The van der Waals surface area contributed by atoms with Gasteiger partial charge in [0.15, 0.2) is 0 Å². The van der Waals surface area contributed by atoms with Crippen molar-refractivity contribution >= 4 is 35.6 Å². The fraction of sp³-hybridized carbons (Fsp3) is 0.700. The van der Waals surface area contributed by atoms with E-state index in [0.29, 0.717) is 6.42 Å². The first kappa shape index (κ1) is 27.8. The quantitative estimate of drug-likeness (QED) is 0.177. The molecule has 1 aliphatic heterocycles. The van der Waals surface area contributed by atoms with Crippen LogP contribution >= 0.6 is 0 Å². The van der Waals surface area contributed by atoms with Gasteiger partial charge in [-0.15, -0.1) is 0 Å². The van der Waals surface area contributed by atoms with Gasteiger partial charge in [-0.3, -0.25) is 24.0 Å². The summed E-state index contributed by atoms with van der Waals surface area (Å²) in [5, 5.41) is 23.1. The number of carbonyl (C=O) groups is 6. The van der Waals surface area contributed by atoms with Crippen LogP contribution in [0.1, 0.15) is 52.4 Å². The van der Waals surface area contributed by atoms with E-state index in [1.165, 1.54) is 4.90 Å². The Morgan fingerprint density at radius 3 is 2.12 bits per heavy atom. The minimum Gasteiger partial charge on any atom is -0.481 e. The molecule has 1 fully saturated rings. The third-order valence-electron chi connectivity index (χ3n) is 5.41. The van der Waals surface area contributed by atoms with Gasteiger partial charge in [0.2, 0.25) is 23.6 Å². The Morgan fingerprint density at radius 2 is 1.61 bits per heavy atom. The summed E-state index contributed by atoms with van der Waals surface area (Å²) in [5.41, 5.74) is 10.9. The van der Waals surface area contributed by atoms with Gasteiger partial charge < -0.3 is 37.2 Å². The maximum absolute atomic E-state index is 13.2. The second-order valence-electron chi connectivity index (χ2n) is 8.36. The van der Waals surface area contributed by atoms with Crippen molar-refractivity contribution in [3.8, 4) is 0 Å². The molecule has 33 heavy (non-hydrogen) atoms. The van der Waals surface area contributed by atoms with Crippen LogP contribution in [0.2, 0.25) is 0 Å². The van der Waals surface area contributed by atoms with Crippen LogP contribution in [0.15, 0.2) is 0 Å². The van der Waals surface area contributed by atoms with Crippen LogP contribution in [0.25, 0.3) is 0 Å². The van der Waals surface area contributed by atoms with Crippen molar-refractivity contribution in [2.24, 2.45) is 17.4 Å². The summed E-state index contributed by atoms with van der Waals surface area (Å²) in [6.07, 6.45) is -0.345. The summed E-state index contributed by atoms with van der Waals surface area (Å²) < 4.78 is 0. The number of carboxylic acids is 2. The lowest BCUT2D eigenvalue weighted by molar-refractivity contribution is -0.145. The Morgan fingerprint density at radius 1 is 1.00 bits per heavy atom. The summed E-state index contributed by atoms with van der Waals surface area (Å²) in [6.45, 7) is 3.61. The summed E-state index contributed by atoms with van der Waals surface area (Å²) in [4.78, 5) is 72.9. The molecule has 1 saturated heterocycles. The Kier molecular flexibility index (Phi) is 10.7. The zero-order chi connectivity index (χ0) is 25.3. The molecule has 1 aliphatic rings. The first-order valence-electron chi connectivity index (χ1n) is 10.7. The molecule has 0 aromatic heterocycles. The first-order valence-corrected chi connectivity index (χ1v) is 10.7. The van der Waals surface area contributed by atoms with E-state index in [1.54, 1.807) is 13.8 Å². The minimum atomic E-state index is -1.37. The fourth-order valence-corrected chi connectivity index (χ4v) is 3.41. The molecule has 0 saturated carbocycles. The van der Waals surface area contributed by atoms with Crippen LogP contribution in [0.4, 0.5) is 0 Å². The lowest BCUT2D eigenvalue weighted by Gasteiger charge is -2.30. The number of primary amides is 1. The van der Waals surface area contributed by atoms with E-state index in [-0.39, 0.29) is 38.1 Å². The van der Waals surface area contributed by atoms with Crippen molar-refractivity contribution in [3.05, 3.63) is 0 Å². The Bertz CT molecular complexity index is 772. The molecule has 0 aliphatic carbocycles. The number of rotatable bonds is 13. The van der Waals surface area contributed by atoms with E-state index in [4.69, 9.17) is 16.6 Å². The molecule has 0 aromatic carbocycles. The van der Waals surface area contributed by atoms with Crippen molar-refractivity contribution in [2.45, 2.75) is 76.5 Å². The second-order valence-corrected chi connectivity index (χ2v) is 8.36. The molecular weight excluding hydrogens is 438 g/mol. The molecule has 0 spiro atoms. The molecule has 13 nitrogen and oxygen atoms in total. The lowest BCUT2D eigenvalue weighted by atomic mass is 10.0. The number of carboxylic acid groups (broad SMARTS) is 2. The molecule has 0 aromatic rings. The van der Waals surface area contributed by atoms with Gasteiger partial charge in [-0.05, 0) is 31.6 Å². The molecule has 0 bridgehead atoms. The van der Waals surface area contributed by atoms with Gasteiger partial charge in [-0.2, -0.15) is 0 Å². The number of aliphatic carboxylic acids is 2. The van der Waals surface area contributed by atoms with Gasteiger partial charge in [0.1, 0.15) is 18.1 Å². The maximum Gasteiger partial charge on any atom is 0.326 e. The number of hydrogen-bond acceptors (Lipinski definition) is 7. The molecule has 13 heteroatoms. The highest BCUT2D eigenvalue weighted by atomic mass is 16.4. The van der Waals surface area contributed by atoms with Gasteiger partial charge in [0.05, 0.1) is 6.04 Å². The molecule has 1 heterocycles. The van der Waals surface area contributed by atoms with Crippen LogP contribution in [0, 0.1) is 5.92 Å². The summed E-state index contributed by atoms with van der Waals surface area (Å²) in [5.74, 6) is -5.45. The molecule has 1 rings (SSSR count). The number of carbonyl (C=O) groups excluding carboxylic acids is 4. The Labute approximate surface area is 191 Å². The second kappa shape index (κ2) is 12.7. The molecule has 8 N–H and O–H groups in total. The normalized spacial score (nSPS) is 18.3. The van der Waals surface area contributed by atoms with Gasteiger partial charge in [-0.25, -0.2) is 4.79 Å². The van der Waals surface area contributed by atoms with Gasteiger partial charge in [0, 0.05) is 19.4 Å². The SMILES string of the molecule is CC(C)C(N)C(=O)NC(CCC(=O)O)C(=O)N1CCC[C@H]1C(=O)NC(CCC(N)=O)C(=O)O. The molecule has 186 valence electrons. The zero-order valence-electron chi connectivity index (χ0n) is 18.8. The van der Waals surface area contributed by atoms with Crippen LogP contribution in [-0.4, -0.2) is 81.4 Å². The highest BCUT2D eigenvalue weighted by Crippen LogP contribution is 2.20. The topological polar surface area (TPSA) is 222 Å². The molecule has 0 radical (unpaired) electrons. The predicted molar refractivity (Wildman–Crippen MR) is 114 cm³/mol. The summed E-state index contributed by atoms with van der Waals surface area (Å²) in [6, 6.07) is -4.49. The summed E-state index contributed by atoms with van der Waals surface area (Å²) in [7, 11) is 0. The standard InChI is InChI=1S/C20H33N5O8/c1-10(2)16(22)18(30)23-11(6-8-15(27)28)19(31)25-9-3-4-13(25)17(29)24-12(20(32)33)5-7-14(21)26/h10-13,16H,3-9,22H2,1-2H3,(H2,21,26)(H,23,30)(H,24,29)(H,27,28)(H,32,33)/t11?,12?,13-,16?/m0/s1. The van der Waals surface area contributed by atoms with Gasteiger partial charge in [-0.1, -0.05) is 13.8 Å². The van der Waals surface area contributed by atoms with E-state index in [1.807, 2.05) is 0 Å². The van der Waals surface area contributed by atoms with Crippen LogP contribution < -0.4 is 22.1 Å². The molecule has 4 atom stereocenters. The van der Waals surface area contributed by atoms with Crippen LogP contribution in [0.5, 0.6) is 0 Å². The van der Waals surface area contributed by atoms with E-state index >= 15 is 0 Å². The first-order chi connectivity index (χ1) is 15.3. The van der Waals surface area contributed by atoms with Crippen molar-refractivity contribution in [1.82, 2.24) is 15.5 Å². The highest BCUT2D eigenvalue weighted by Gasteiger charge is 2.39. The number of nitrogens with one attached hydrogen (secondary N) is 2. The zero-order valence-corrected chi connectivity index (χ0v) is 18.8.